The molecule has 3 nitrogen and oxygen atoms in total. The van der Waals surface area contributed by atoms with Crippen LogP contribution in [0.5, 0.6) is 0 Å². The van der Waals surface area contributed by atoms with Crippen molar-refractivity contribution in [3.63, 3.8) is 0 Å². The molecule has 0 radical (unpaired) electrons. The van der Waals surface area contributed by atoms with Crippen LogP contribution in [0.2, 0.25) is 0 Å². The zero-order valence-electron chi connectivity index (χ0n) is 11.7. The Hall–Kier alpha value is -2.13. The molecule has 0 aliphatic rings. The lowest BCUT2D eigenvalue weighted by molar-refractivity contribution is 0.0939. The fraction of sp³-hybridized carbons (Fsp3) is 0.235. The largest absolute Gasteiger partial charge is 0.346 e. The van der Waals surface area contributed by atoms with Gasteiger partial charge in [-0.2, -0.15) is 0 Å². The third kappa shape index (κ3) is 3.45. The first kappa shape index (κ1) is 14.3. The molecule has 0 saturated carbocycles. The number of hydrogen-bond donors (Lipinski definition) is 2. The predicted octanol–water partition coefficient (Wildman–Crippen LogP) is 2.68. The van der Waals surface area contributed by atoms with Gasteiger partial charge in [-0.3, -0.25) is 4.79 Å². The van der Waals surface area contributed by atoms with E-state index in [1.807, 2.05) is 61.5 Å². The third-order valence-corrected chi connectivity index (χ3v) is 3.32. The van der Waals surface area contributed by atoms with Gasteiger partial charge in [-0.1, -0.05) is 48.5 Å². The van der Waals surface area contributed by atoms with Gasteiger partial charge >= 0.3 is 0 Å². The van der Waals surface area contributed by atoms with E-state index in [1.165, 1.54) is 0 Å². The van der Waals surface area contributed by atoms with Crippen LogP contribution in [0.25, 0.3) is 0 Å². The van der Waals surface area contributed by atoms with Gasteiger partial charge in [0.05, 0.1) is 6.04 Å². The van der Waals surface area contributed by atoms with E-state index in [2.05, 4.69) is 5.32 Å². The molecule has 104 valence electrons. The van der Waals surface area contributed by atoms with Crippen LogP contribution in [0.3, 0.4) is 0 Å². The molecule has 0 aliphatic heterocycles. The molecule has 0 aromatic heterocycles. The van der Waals surface area contributed by atoms with Crippen LogP contribution in [0.4, 0.5) is 0 Å². The Bertz CT molecular complexity index is 566. The third-order valence-electron chi connectivity index (χ3n) is 3.32. The molecule has 0 fully saturated rings. The van der Waals surface area contributed by atoms with Crippen LogP contribution in [-0.2, 0) is 6.42 Å². The molecule has 2 rings (SSSR count). The standard InChI is InChI=1S/C17H20N2O/c1-13(14-7-3-2-4-8-14)19-17(20)16-10-6-5-9-15(16)11-12-18/h2-10,13H,11-12,18H2,1H3,(H,19,20)/t13-/m1/s1. The Kier molecular flexibility index (Phi) is 4.91. The maximum Gasteiger partial charge on any atom is 0.252 e. The molecule has 0 unspecified atom stereocenters. The number of benzene rings is 2. The zero-order chi connectivity index (χ0) is 14.4. The second-order valence-corrected chi connectivity index (χ2v) is 4.80. The summed E-state index contributed by atoms with van der Waals surface area (Å²) < 4.78 is 0. The molecule has 0 aliphatic carbocycles. The van der Waals surface area contributed by atoms with Crippen LogP contribution in [0.1, 0.15) is 34.5 Å². The van der Waals surface area contributed by atoms with Crippen molar-refractivity contribution in [2.75, 3.05) is 6.54 Å². The molecule has 3 N–H and O–H groups in total. The molecule has 1 atom stereocenters. The maximum absolute atomic E-state index is 12.4. The molecule has 0 heterocycles. The highest BCUT2D eigenvalue weighted by Gasteiger charge is 2.13. The molecule has 1 amide bonds. The molecule has 2 aromatic carbocycles. The minimum absolute atomic E-state index is 0.0189. The second kappa shape index (κ2) is 6.87. The van der Waals surface area contributed by atoms with E-state index < -0.39 is 0 Å². The fourth-order valence-electron chi connectivity index (χ4n) is 2.21. The minimum Gasteiger partial charge on any atom is -0.346 e. The van der Waals surface area contributed by atoms with Gasteiger partial charge in [0, 0.05) is 5.56 Å². The zero-order valence-corrected chi connectivity index (χ0v) is 11.7. The summed E-state index contributed by atoms with van der Waals surface area (Å²) >= 11 is 0. The number of amides is 1. The van der Waals surface area contributed by atoms with E-state index in [0.29, 0.717) is 18.5 Å². The molecule has 0 saturated heterocycles. The summed E-state index contributed by atoms with van der Waals surface area (Å²) in [7, 11) is 0. The lowest BCUT2D eigenvalue weighted by atomic mass is 10.0. The Morgan fingerprint density at radius 3 is 2.45 bits per heavy atom. The first-order chi connectivity index (χ1) is 9.72. The maximum atomic E-state index is 12.4. The Labute approximate surface area is 119 Å². The van der Waals surface area contributed by atoms with Gasteiger partial charge in [0.1, 0.15) is 0 Å². The van der Waals surface area contributed by atoms with E-state index >= 15 is 0 Å². The van der Waals surface area contributed by atoms with Gasteiger partial charge in [-0.05, 0) is 37.1 Å². The summed E-state index contributed by atoms with van der Waals surface area (Å²) in [6.45, 7) is 2.53. The first-order valence-corrected chi connectivity index (χ1v) is 6.86. The Morgan fingerprint density at radius 1 is 1.10 bits per heavy atom. The van der Waals surface area contributed by atoms with Crippen LogP contribution < -0.4 is 11.1 Å². The predicted molar refractivity (Wildman–Crippen MR) is 81.5 cm³/mol. The summed E-state index contributed by atoms with van der Waals surface area (Å²) in [5.74, 6) is -0.0506. The lowest BCUT2D eigenvalue weighted by Crippen LogP contribution is -2.27. The minimum atomic E-state index is -0.0506. The normalized spacial score (nSPS) is 11.9. The molecule has 0 bridgehead atoms. The van der Waals surface area contributed by atoms with Gasteiger partial charge in [0.2, 0.25) is 0 Å². The number of carbonyl (C=O) groups excluding carboxylic acids is 1. The topological polar surface area (TPSA) is 55.1 Å². The Balaban J connectivity index is 2.12. The highest BCUT2D eigenvalue weighted by Crippen LogP contribution is 2.14. The van der Waals surface area contributed by atoms with Gasteiger partial charge in [-0.15, -0.1) is 0 Å². The number of nitrogens with two attached hydrogens (primary N) is 1. The van der Waals surface area contributed by atoms with Crippen molar-refractivity contribution in [3.8, 4) is 0 Å². The van der Waals surface area contributed by atoms with E-state index in [1.54, 1.807) is 0 Å². The number of hydrogen-bond acceptors (Lipinski definition) is 2. The Morgan fingerprint density at radius 2 is 1.75 bits per heavy atom. The summed E-state index contributed by atoms with van der Waals surface area (Å²) in [5.41, 5.74) is 8.39. The van der Waals surface area contributed by atoms with Crippen molar-refractivity contribution >= 4 is 5.91 Å². The lowest BCUT2D eigenvalue weighted by Gasteiger charge is -2.16. The van der Waals surface area contributed by atoms with Crippen LogP contribution >= 0.6 is 0 Å². The average Bonchev–Trinajstić information content (AvgIpc) is 2.49. The van der Waals surface area contributed by atoms with Crippen molar-refractivity contribution < 1.29 is 4.79 Å². The molecule has 0 spiro atoms. The molecular weight excluding hydrogens is 248 g/mol. The molecular formula is C17H20N2O. The average molecular weight is 268 g/mol. The number of nitrogens with one attached hydrogen (secondary N) is 1. The van der Waals surface area contributed by atoms with E-state index in [9.17, 15) is 4.79 Å². The monoisotopic (exact) mass is 268 g/mol. The van der Waals surface area contributed by atoms with E-state index in [4.69, 9.17) is 5.73 Å². The molecule has 20 heavy (non-hydrogen) atoms. The van der Waals surface area contributed by atoms with Crippen molar-refractivity contribution in [2.45, 2.75) is 19.4 Å². The summed E-state index contributed by atoms with van der Waals surface area (Å²) in [6.07, 6.45) is 0.712. The van der Waals surface area contributed by atoms with Crippen molar-refractivity contribution in [3.05, 3.63) is 71.3 Å². The summed E-state index contributed by atoms with van der Waals surface area (Å²) in [5, 5.41) is 3.03. The first-order valence-electron chi connectivity index (χ1n) is 6.86. The summed E-state index contributed by atoms with van der Waals surface area (Å²) in [6, 6.07) is 17.5. The van der Waals surface area contributed by atoms with Crippen molar-refractivity contribution in [1.29, 1.82) is 0 Å². The number of carbonyl (C=O) groups is 1. The van der Waals surface area contributed by atoms with Crippen molar-refractivity contribution in [2.24, 2.45) is 5.73 Å². The second-order valence-electron chi connectivity index (χ2n) is 4.80. The molecule has 3 heteroatoms. The smallest absolute Gasteiger partial charge is 0.252 e. The van der Waals surface area contributed by atoms with Crippen LogP contribution in [0.15, 0.2) is 54.6 Å². The van der Waals surface area contributed by atoms with Crippen molar-refractivity contribution in [1.82, 2.24) is 5.32 Å². The van der Waals surface area contributed by atoms with Crippen LogP contribution in [-0.4, -0.2) is 12.5 Å². The highest BCUT2D eigenvalue weighted by molar-refractivity contribution is 5.95. The van der Waals surface area contributed by atoms with Gasteiger partial charge in [-0.25, -0.2) is 0 Å². The number of rotatable bonds is 5. The van der Waals surface area contributed by atoms with Gasteiger partial charge in [0.15, 0.2) is 0 Å². The fourth-order valence-corrected chi connectivity index (χ4v) is 2.21. The molecule has 2 aromatic rings. The van der Waals surface area contributed by atoms with E-state index in [-0.39, 0.29) is 11.9 Å². The van der Waals surface area contributed by atoms with E-state index in [0.717, 1.165) is 11.1 Å². The quantitative estimate of drug-likeness (QED) is 0.876. The SMILES string of the molecule is C[C@@H](NC(=O)c1ccccc1CCN)c1ccccc1. The van der Waals surface area contributed by atoms with Gasteiger partial charge in [0.25, 0.3) is 5.91 Å². The van der Waals surface area contributed by atoms with Gasteiger partial charge < -0.3 is 11.1 Å². The van der Waals surface area contributed by atoms with Crippen LogP contribution in [0, 0.1) is 0 Å². The summed E-state index contributed by atoms with van der Waals surface area (Å²) in [4.78, 5) is 12.4. The highest BCUT2D eigenvalue weighted by atomic mass is 16.1.